The molecule has 0 aliphatic carbocycles. The van der Waals surface area contributed by atoms with Crippen LogP contribution in [0.5, 0.6) is 23.0 Å². The van der Waals surface area contributed by atoms with E-state index in [1.165, 1.54) is 0 Å². The molecule has 1 aliphatic heterocycles. The highest BCUT2D eigenvalue weighted by Gasteiger charge is 2.53. The Bertz CT molecular complexity index is 2200. The first-order valence-corrected chi connectivity index (χ1v) is 18.7. The third kappa shape index (κ3) is 6.80. The van der Waals surface area contributed by atoms with Gasteiger partial charge in [-0.2, -0.15) is 0 Å². The van der Waals surface area contributed by atoms with Crippen molar-refractivity contribution < 1.29 is 32.8 Å². The number of fused-ring (bicyclic) bond motifs is 3. The fourth-order valence-electron chi connectivity index (χ4n) is 6.47. The van der Waals surface area contributed by atoms with Gasteiger partial charge in [0, 0.05) is 5.56 Å². The summed E-state index contributed by atoms with van der Waals surface area (Å²) in [5, 5.41) is -0.458. The molecule has 0 saturated carbocycles. The maximum absolute atomic E-state index is 15.8. The molecule has 8 heteroatoms. The first-order valence-electron chi connectivity index (χ1n) is 17.1. The molecule has 52 heavy (non-hydrogen) atoms. The van der Waals surface area contributed by atoms with Crippen molar-refractivity contribution in [2.45, 2.75) is 25.1 Å². The third-order valence-corrected chi connectivity index (χ3v) is 12.6. The molecule has 6 aromatic rings. The van der Waals surface area contributed by atoms with E-state index in [4.69, 9.17) is 23.5 Å². The molecule has 0 amide bonds. The van der Waals surface area contributed by atoms with Crippen molar-refractivity contribution in [1.29, 1.82) is 0 Å². The lowest BCUT2D eigenvalue weighted by Crippen LogP contribution is -2.34. The zero-order valence-electron chi connectivity index (χ0n) is 29.2. The van der Waals surface area contributed by atoms with Crippen LogP contribution in [0.1, 0.15) is 34.0 Å². The Hall–Kier alpha value is -5.78. The standard InChI is InChI=1S/C44H39O7P/c1-31-17-23-36(24-18-31)48-29-38(50-43(45)32-11-5-4-6-12-32)30-49-37-27-21-34(22-28-37)44(2,33-19-25-35(47-3)26-20-33)52(46)42-16-10-8-14-40(42)39-13-7-9-15-41(39)51-52/h4-28,38H,29-30H2,1-3H3. The average Bonchev–Trinajstić information content (AvgIpc) is 3.20. The summed E-state index contributed by atoms with van der Waals surface area (Å²) < 4.78 is 46.0. The van der Waals surface area contributed by atoms with Gasteiger partial charge in [-0.1, -0.05) is 96.6 Å². The van der Waals surface area contributed by atoms with Crippen LogP contribution in [0.15, 0.2) is 152 Å². The number of aryl methyl sites for hydroxylation is 1. The van der Waals surface area contributed by atoms with E-state index >= 15 is 4.57 Å². The molecule has 0 spiro atoms. The Labute approximate surface area is 304 Å². The number of esters is 1. The zero-order chi connectivity index (χ0) is 36.1. The van der Waals surface area contributed by atoms with Gasteiger partial charge in [0.25, 0.3) is 7.37 Å². The lowest BCUT2D eigenvalue weighted by atomic mass is 9.92. The maximum atomic E-state index is 15.8. The van der Waals surface area contributed by atoms with Crippen molar-refractivity contribution in [3.8, 4) is 34.1 Å². The predicted molar refractivity (Wildman–Crippen MR) is 203 cm³/mol. The number of hydrogen-bond donors (Lipinski definition) is 0. The number of carbonyl (C=O) groups excluding carboxylic acids is 1. The Morgan fingerprint density at radius 3 is 1.79 bits per heavy atom. The number of rotatable bonds is 12. The van der Waals surface area contributed by atoms with Gasteiger partial charge in [-0.3, -0.25) is 4.57 Å². The summed E-state index contributed by atoms with van der Waals surface area (Å²) in [4.78, 5) is 13.0. The van der Waals surface area contributed by atoms with Crippen molar-refractivity contribution in [2.75, 3.05) is 20.3 Å². The number of methoxy groups -OCH3 is 1. The molecular formula is C44H39O7P. The normalized spacial score (nSPS) is 16.2. The van der Waals surface area contributed by atoms with Crippen molar-refractivity contribution in [3.63, 3.8) is 0 Å². The minimum atomic E-state index is -3.71. The SMILES string of the molecule is COc1ccc(C(C)(c2ccc(OCC(COc3ccc(C)cc3)OC(=O)c3ccccc3)cc2)P2(=O)Oc3ccccc3-c3ccccc32)cc1. The second kappa shape index (κ2) is 14.8. The molecule has 1 heterocycles. The molecular weight excluding hydrogens is 671 g/mol. The van der Waals surface area contributed by atoms with E-state index in [9.17, 15) is 4.79 Å². The van der Waals surface area contributed by atoms with Crippen LogP contribution in [0.2, 0.25) is 0 Å². The summed E-state index contributed by atoms with van der Waals surface area (Å²) in [6.45, 7) is 4.12. The molecule has 3 unspecified atom stereocenters. The lowest BCUT2D eigenvalue weighted by Gasteiger charge is -2.41. The Kier molecular flexibility index (Phi) is 9.88. The van der Waals surface area contributed by atoms with Crippen molar-refractivity contribution >= 4 is 18.6 Å². The first kappa shape index (κ1) is 34.7. The minimum absolute atomic E-state index is 0.0469. The van der Waals surface area contributed by atoms with E-state index in [1.54, 1.807) is 31.4 Å². The van der Waals surface area contributed by atoms with Crippen LogP contribution in [0, 0.1) is 6.92 Å². The van der Waals surface area contributed by atoms with Gasteiger partial charge in [0.2, 0.25) is 0 Å². The quantitative estimate of drug-likeness (QED) is 0.0925. The van der Waals surface area contributed by atoms with Gasteiger partial charge in [0.05, 0.1) is 18.0 Å². The van der Waals surface area contributed by atoms with Crippen LogP contribution in [0.3, 0.4) is 0 Å². The minimum Gasteiger partial charge on any atom is -0.497 e. The molecule has 0 fully saturated rings. The third-order valence-electron chi connectivity index (χ3n) is 9.46. The van der Waals surface area contributed by atoms with Gasteiger partial charge in [-0.25, -0.2) is 4.79 Å². The predicted octanol–water partition coefficient (Wildman–Crippen LogP) is 9.61. The molecule has 262 valence electrons. The average molecular weight is 711 g/mol. The van der Waals surface area contributed by atoms with E-state index in [2.05, 4.69) is 0 Å². The fourth-order valence-corrected chi connectivity index (χ4v) is 9.44. The molecule has 0 radical (unpaired) electrons. The number of benzene rings is 6. The number of para-hydroxylation sites is 1. The van der Waals surface area contributed by atoms with Crippen LogP contribution in [0.4, 0.5) is 0 Å². The summed E-state index contributed by atoms with van der Waals surface area (Å²) in [6, 6.07) is 47.1. The molecule has 3 atom stereocenters. The second-order valence-electron chi connectivity index (χ2n) is 12.8. The van der Waals surface area contributed by atoms with Crippen LogP contribution in [0.25, 0.3) is 11.1 Å². The molecule has 1 aliphatic rings. The molecule has 7 rings (SSSR count). The summed E-state index contributed by atoms with van der Waals surface area (Å²) in [5.74, 6) is 2.01. The van der Waals surface area contributed by atoms with Crippen molar-refractivity contribution in [2.24, 2.45) is 0 Å². The van der Waals surface area contributed by atoms with Gasteiger partial charge in [0.1, 0.15) is 41.4 Å². The molecule has 0 N–H and O–H groups in total. The number of hydrogen-bond acceptors (Lipinski definition) is 7. The van der Waals surface area contributed by atoms with E-state index in [0.717, 1.165) is 27.8 Å². The fraction of sp³-hybridized carbons (Fsp3) is 0.159. The van der Waals surface area contributed by atoms with Crippen molar-refractivity contribution in [3.05, 3.63) is 174 Å². The monoisotopic (exact) mass is 710 g/mol. The van der Waals surface area contributed by atoms with Gasteiger partial charge in [-0.05, 0) is 91.2 Å². The van der Waals surface area contributed by atoms with E-state index in [-0.39, 0.29) is 13.2 Å². The van der Waals surface area contributed by atoms with Gasteiger partial charge < -0.3 is 23.5 Å². The van der Waals surface area contributed by atoms with Crippen LogP contribution >= 0.6 is 7.37 Å². The molecule has 0 saturated heterocycles. The zero-order valence-corrected chi connectivity index (χ0v) is 30.1. The van der Waals surface area contributed by atoms with Crippen LogP contribution < -0.4 is 24.0 Å². The lowest BCUT2D eigenvalue weighted by molar-refractivity contribution is 0.00258. The highest BCUT2D eigenvalue weighted by molar-refractivity contribution is 7.69. The Morgan fingerprint density at radius 1 is 0.654 bits per heavy atom. The van der Waals surface area contributed by atoms with Crippen molar-refractivity contribution in [1.82, 2.24) is 0 Å². The van der Waals surface area contributed by atoms with E-state index in [1.807, 2.05) is 141 Å². The largest absolute Gasteiger partial charge is 0.497 e. The van der Waals surface area contributed by atoms with Crippen LogP contribution in [-0.2, 0) is 14.5 Å². The summed E-state index contributed by atoms with van der Waals surface area (Å²) >= 11 is 0. The highest BCUT2D eigenvalue weighted by Crippen LogP contribution is 2.69. The summed E-state index contributed by atoms with van der Waals surface area (Å²) in [5.41, 5.74) is 4.92. The Morgan fingerprint density at radius 2 is 1.17 bits per heavy atom. The Balaban J connectivity index is 1.19. The summed E-state index contributed by atoms with van der Waals surface area (Å²) in [6.07, 6.45) is -0.707. The molecule has 6 aromatic carbocycles. The van der Waals surface area contributed by atoms with Gasteiger partial charge >= 0.3 is 5.97 Å². The first-order chi connectivity index (χ1) is 25.3. The van der Waals surface area contributed by atoms with E-state index < -0.39 is 24.6 Å². The molecule has 0 aromatic heterocycles. The molecule has 0 bridgehead atoms. The van der Waals surface area contributed by atoms with Gasteiger partial charge in [0.15, 0.2) is 6.10 Å². The summed E-state index contributed by atoms with van der Waals surface area (Å²) in [7, 11) is -2.09. The second-order valence-corrected chi connectivity index (χ2v) is 15.5. The topological polar surface area (TPSA) is 80.3 Å². The van der Waals surface area contributed by atoms with E-state index in [0.29, 0.717) is 33.9 Å². The number of ether oxygens (including phenoxy) is 4. The smallest absolute Gasteiger partial charge is 0.338 e. The van der Waals surface area contributed by atoms with Crippen LogP contribution in [-0.4, -0.2) is 32.4 Å². The maximum Gasteiger partial charge on any atom is 0.338 e. The number of carbonyl (C=O) groups is 1. The molecule has 7 nitrogen and oxygen atoms in total. The highest BCUT2D eigenvalue weighted by atomic mass is 31.2. The van der Waals surface area contributed by atoms with Gasteiger partial charge in [-0.15, -0.1) is 0 Å².